The van der Waals surface area contributed by atoms with Crippen molar-refractivity contribution in [1.82, 2.24) is 10.2 Å². The number of carbonyl (C=O) groups is 1. The van der Waals surface area contributed by atoms with Crippen LogP contribution in [0.25, 0.3) is 0 Å². The zero-order valence-corrected chi connectivity index (χ0v) is 13.2. The molecule has 2 rings (SSSR count). The zero-order chi connectivity index (χ0) is 14.5. The minimum absolute atomic E-state index is 0.154. The van der Waals surface area contributed by atoms with Gasteiger partial charge in [-0.3, -0.25) is 4.79 Å². The number of ketones is 1. The molecule has 2 heterocycles. The van der Waals surface area contributed by atoms with Gasteiger partial charge in [0.25, 0.3) is 0 Å². The van der Waals surface area contributed by atoms with Gasteiger partial charge in [-0.1, -0.05) is 13.8 Å². The summed E-state index contributed by atoms with van der Waals surface area (Å²) in [6, 6.07) is 0.953. The van der Waals surface area contributed by atoms with Crippen molar-refractivity contribution in [2.45, 2.75) is 51.6 Å². The van der Waals surface area contributed by atoms with Crippen LogP contribution < -0.4 is 5.32 Å². The van der Waals surface area contributed by atoms with E-state index in [1.165, 1.54) is 25.9 Å². The van der Waals surface area contributed by atoms with Crippen LogP contribution in [-0.2, 0) is 9.53 Å². The van der Waals surface area contributed by atoms with Crippen molar-refractivity contribution in [3.63, 3.8) is 0 Å². The maximum atomic E-state index is 12.0. The Morgan fingerprint density at radius 2 is 2.00 bits per heavy atom. The van der Waals surface area contributed by atoms with Crippen LogP contribution >= 0.6 is 0 Å². The van der Waals surface area contributed by atoms with Gasteiger partial charge in [-0.2, -0.15) is 0 Å². The largest absolute Gasteiger partial charge is 0.380 e. The smallest absolute Gasteiger partial charge is 0.135 e. The first kappa shape index (κ1) is 15.9. The van der Waals surface area contributed by atoms with Crippen LogP contribution in [0.15, 0.2) is 0 Å². The highest BCUT2D eigenvalue weighted by Crippen LogP contribution is 2.23. The lowest BCUT2D eigenvalue weighted by atomic mass is 9.86. The molecule has 0 bridgehead atoms. The summed E-state index contributed by atoms with van der Waals surface area (Å²) in [6.07, 6.45) is 4.14. The van der Waals surface area contributed by atoms with Crippen molar-refractivity contribution in [3.8, 4) is 0 Å². The van der Waals surface area contributed by atoms with Crippen molar-refractivity contribution >= 4 is 5.78 Å². The monoisotopic (exact) mass is 282 g/mol. The summed E-state index contributed by atoms with van der Waals surface area (Å²) >= 11 is 0. The Bertz CT molecular complexity index is 312. The van der Waals surface area contributed by atoms with Gasteiger partial charge in [-0.05, 0) is 45.3 Å². The van der Waals surface area contributed by atoms with Crippen LogP contribution in [0.3, 0.4) is 0 Å². The van der Waals surface area contributed by atoms with E-state index < -0.39 is 0 Å². The number of hydrogen-bond donors (Lipinski definition) is 1. The molecule has 4 heteroatoms. The Kier molecular flexibility index (Phi) is 6.00. The van der Waals surface area contributed by atoms with Crippen molar-refractivity contribution in [2.24, 2.45) is 11.8 Å². The topological polar surface area (TPSA) is 41.6 Å². The van der Waals surface area contributed by atoms with E-state index in [0.717, 1.165) is 19.6 Å². The number of rotatable bonds is 5. The van der Waals surface area contributed by atoms with Crippen LogP contribution in [0.2, 0.25) is 0 Å². The highest BCUT2D eigenvalue weighted by atomic mass is 16.5. The highest BCUT2D eigenvalue weighted by molar-refractivity contribution is 5.80. The van der Waals surface area contributed by atoms with E-state index >= 15 is 0 Å². The van der Waals surface area contributed by atoms with E-state index in [9.17, 15) is 4.79 Å². The molecule has 0 radical (unpaired) electrons. The van der Waals surface area contributed by atoms with Gasteiger partial charge < -0.3 is 15.0 Å². The summed E-state index contributed by atoms with van der Waals surface area (Å²) in [6.45, 7) is 7.91. The second-order valence-corrected chi connectivity index (χ2v) is 6.80. The highest BCUT2D eigenvalue weighted by Gasteiger charge is 2.30. The molecule has 0 aliphatic carbocycles. The van der Waals surface area contributed by atoms with Crippen molar-refractivity contribution in [3.05, 3.63) is 0 Å². The molecule has 2 unspecified atom stereocenters. The summed E-state index contributed by atoms with van der Waals surface area (Å²) in [5.41, 5.74) is 0. The summed E-state index contributed by atoms with van der Waals surface area (Å²) in [5.74, 6) is 1.01. The number of nitrogens with one attached hydrogen (secondary N) is 1. The number of hydrogen-bond acceptors (Lipinski definition) is 4. The summed E-state index contributed by atoms with van der Waals surface area (Å²) in [5, 5.41) is 3.77. The Morgan fingerprint density at radius 3 is 2.65 bits per heavy atom. The molecule has 0 saturated carbocycles. The molecule has 2 aliphatic rings. The summed E-state index contributed by atoms with van der Waals surface area (Å²) in [4.78, 5) is 14.4. The van der Waals surface area contributed by atoms with Gasteiger partial charge in [0.15, 0.2) is 0 Å². The van der Waals surface area contributed by atoms with Gasteiger partial charge in [0.1, 0.15) is 5.78 Å². The molecule has 0 spiro atoms. The SMILES string of the molecule is CC(C)C(=O)CC1CCOCC1NC1CCN(C)CC1. The normalized spacial score (nSPS) is 29.8. The maximum absolute atomic E-state index is 12.0. The summed E-state index contributed by atoms with van der Waals surface area (Å²) < 4.78 is 5.63. The van der Waals surface area contributed by atoms with E-state index in [4.69, 9.17) is 4.74 Å². The molecule has 116 valence electrons. The van der Waals surface area contributed by atoms with Crippen LogP contribution in [-0.4, -0.2) is 56.1 Å². The van der Waals surface area contributed by atoms with E-state index in [-0.39, 0.29) is 5.92 Å². The first-order valence-electron chi connectivity index (χ1n) is 8.11. The van der Waals surface area contributed by atoms with Gasteiger partial charge >= 0.3 is 0 Å². The van der Waals surface area contributed by atoms with Gasteiger partial charge in [0, 0.05) is 31.0 Å². The first-order chi connectivity index (χ1) is 9.56. The average molecular weight is 282 g/mol. The standard InChI is InChI=1S/C16H30N2O2/c1-12(2)16(19)10-13-6-9-20-11-15(13)17-14-4-7-18(3)8-5-14/h12-15,17H,4-11H2,1-3H3. The Morgan fingerprint density at radius 1 is 1.30 bits per heavy atom. The molecular weight excluding hydrogens is 252 g/mol. The fourth-order valence-corrected chi connectivity index (χ4v) is 3.18. The third-order valence-corrected chi connectivity index (χ3v) is 4.78. The Balaban J connectivity index is 1.85. The molecule has 4 nitrogen and oxygen atoms in total. The second-order valence-electron chi connectivity index (χ2n) is 6.80. The van der Waals surface area contributed by atoms with Gasteiger partial charge in [0.2, 0.25) is 0 Å². The molecule has 2 atom stereocenters. The van der Waals surface area contributed by atoms with Crippen molar-refractivity contribution < 1.29 is 9.53 Å². The predicted molar refractivity (Wildman–Crippen MR) is 80.8 cm³/mol. The lowest BCUT2D eigenvalue weighted by Crippen LogP contribution is -2.51. The van der Waals surface area contributed by atoms with E-state index in [1.807, 2.05) is 13.8 Å². The second kappa shape index (κ2) is 7.53. The number of carbonyl (C=O) groups excluding carboxylic acids is 1. The van der Waals surface area contributed by atoms with Crippen LogP contribution in [0.5, 0.6) is 0 Å². The lowest BCUT2D eigenvalue weighted by molar-refractivity contribution is -0.124. The molecule has 0 amide bonds. The lowest BCUT2D eigenvalue weighted by Gasteiger charge is -2.37. The van der Waals surface area contributed by atoms with Gasteiger partial charge in [-0.25, -0.2) is 0 Å². The number of likely N-dealkylation sites (tertiary alicyclic amines) is 1. The predicted octanol–water partition coefficient (Wildman–Crippen LogP) is 1.69. The van der Waals surface area contributed by atoms with E-state index in [2.05, 4.69) is 17.3 Å². The molecule has 2 saturated heterocycles. The maximum Gasteiger partial charge on any atom is 0.135 e. The Hall–Kier alpha value is -0.450. The Labute approximate surface area is 123 Å². The minimum Gasteiger partial charge on any atom is -0.380 e. The molecule has 1 N–H and O–H groups in total. The fraction of sp³-hybridized carbons (Fsp3) is 0.938. The third kappa shape index (κ3) is 4.54. The summed E-state index contributed by atoms with van der Waals surface area (Å²) in [7, 11) is 2.18. The molecule has 2 fully saturated rings. The van der Waals surface area contributed by atoms with Crippen LogP contribution in [0, 0.1) is 11.8 Å². The minimum atomic E-state index is 0.154. The zero-order valence-electron chi connectivity index (χ0n) is 13.2. The fourth-order valence-electron chi connectivity index (χ4n) is 3.18. The number of nitrogens with zero attached hydrogens (tertiary/aromatic N) is 1. The number of piperidine rings is 1. The van der Waals surface area contributed by atoms with Crippen molar-refractivity contribution in [2.75, 3.05) is 33.4 Å². The molecule has 0 aromatic carbocycles. The number of ether oxygens (including phenoxy) is 1. The number of Topliss-reactive ketones (excluding diaryl/α,β-unsaturated/α-hetero) is 1. The first-order valence-corrected chi connectivity index (χ1v) is 8.11. The molecule has 20 heavy (non-hydrogen) atoms. The van der Waals surface area contributed by atoms with Crippen LogP contribution in [0.4, 0.5) is 0 Å². The van der Waals surface area contributed by atoms with Crippen molar-refractivity contribution in [1.29, 1.82) is 0 Å². The molecule has 0 aromatic heterocycles. The molecule has 2 aliphatic heterocycles. The van der Waals surface area contributed by atoms with E-state index in [1.54, 1.807) is 0 Å². The van der Waals surface area contributed by atoms with Gasteiger partial charge in [0.05, 0.1) is 6.61 Å². The van der Waals surface area contributed by atoms with E-state index in [0.29, 0.717) is 30.2 Å². The molecular formula is C16H30N2O2. The average Bonchev–Trinajstić information content (AvgIpc) is 2.43. The molecule has 0 aromatic rings. The van der Waals surface area contributed by atoms with Gasteiger partial charge in [-0.15, -0.1) is 0 Å². The third-order valence-electron chi connectivity index (χ3n) is 4.78. The quantitative estimate of drug-likeness (QED) is 0.833. The van der Waals surface area contributed by atoms with Crippen LogP contribution in [0.1, 0.15) is 39.5 Å².